The maximum atomic E-state index is 10.7. The van der Waals surface area contributed by atoms with E-state index in [1.807, 2.05) is 34.6 Å². The van der Waals surface area contributed by atoms with E-state index in [2.05, 4.69) is 0 Å². The summed E-state index contributed by atoms with van der Waals surface area (Å²) in [6, 6.07) is 0. The Morgan fingerprint density at radius 3 is 1.95 bits per heavy atom. The number of aliphatic hydroxyl groups is 3. The largest absolute Gasteiger partial charge is 0.387 e. The lowest BCUT2D eigenvalue weighted by atomic mass is 9.81. The van der Waals surface area contributed by atoms with Crippen LogP contribution in [0.25, 0.3) is 0 Å². The Morgan fingerprint density at radius 2 is 1.55 bits per heavy atom. The maximum absolute atomic E-state index is 10.7. The molecule has 0 aliphatic carbocycles. The number of rotatable bonds is 8. The second kappa shape index (κ2) is 8.60. The van der Waals surface area contributed by atoms with Crippen LogP contribution in [0.15, 0.2) is 0 Å². The molecular weight excluding hydrogens is 284 g/mol. The third kappa shape index (κ3) is 4.01. The molecule has 0 aromatic carbocycles. The van der Waals surface area contributed by atoms with Gasteiger partial charge in [0.2, 0.25) is 0 Å². The summed E-state index contributed by atoms with van der Waals surface area (Å²) in [5.41, 5.74) is -1.13. The Hall–Kier alpha value is -0.200. The summed E-state index contributed by atoms with van der Waals surface area (Å²) in [6.07, 6.45) is -0.532. The van der Waals surface area contributed by atoms with Crippen molar-refractivity contribution in [3.05, 3.63) is 0 Å². The van der Waals surface area contributed by atoms with Gasteiger partial charge in [0, 0.05) is 0 Å². The molecule has 3 N–H and O–H groups in total. The zero-order valence-electron chi connectivity index (χ0n) is 14.7. The molecule has 5 unspecified atom stereocenters. The van der Waals surface area contributed by atoms with E-state index in [0.717, 1.165) is 12.8 Å². The molecule has 1 aliphatic rings. The first-order chi connectivity index (χ1) is 10.4. The molecule has 0 aromatic heterocycles. The van der Waals surface area contributed by atoms with Crippen molar-refractivity contribution in [2.45, 2.75) is 109 Å². The summed E-state index contributed by atoms with van der Waals surface area (Å²) in [7, 11) is 0. The number of hydrogen-bond donors (Lipinski definition) is 3. The van der Waals surface area contributed by atoms with Crippen molar-refractivity contribution in [1.29, 1.82) is 0 Å². The van der Waals surface area contributed by atoms with Gasteiger partial charge in [-0.05, 0) is 32.1 Å². The van der Waals surface area contributed by atoms with E-state index < -0.39 is 30.0 Å². The molecular formula is C17H34O5. The summed E-state index contributed by atoms with van der Waals surface area (Å²) >= 11 is 0. The minimum atomic E-state index is -1.15. The van der Waals surface area contributed by atoms with Crippen LogP contribution in [0.2, 0.25) is 0 Å². The standard InChI is InChI=1S/C17H34O5/c1-6-11(7-2)21-15-12(8-3)22-16(14(19)13(15)18)17(20,9-4)10-5/h11-16,18-20H,6-10H2,1-5H3. The van der Waals surface area contributed by atoms with Crippen molar-refractivity contribution in [1.82, 2.24) is 0 Å². The second-order valence-electron chi connectivity index (χ2n) is 6.33. The highest BCUT2D eigenvalue weighted by Crippen LogP contribution is 2.35. The van der Waals surface area contributed by atoms with Gasteiger partial charge in [-0.1, -0.05) is 34.6 Å². The van der Waals surface area contributed by atoms with Gasteiger partial charge >= 0.3 is 0 Å². The highest BCUT2D eigenvalue weighted by Gasteiger charge is 2.51. The molecule has 1 rings (SSSR count). The van der Waals surface area contributed by atoms with E-state index in [-0.39, 0.29) is 12.2 Å². The molecule has 132 valence electrons. The van der Waals surface area contributed by atoms with Crippen LogP contribution in [0.1, 0.15) is 66.7 Å². The predicted octanol–water partition coefficient (Wildman–Crippen LogP) is 2.01. The zero-order chi connectivity index (χ0) is 16.9. The number of aliphatic hydroxyl groups excluding tert-OH is 2. The average molecular weight is 318 g/mol. The van der Waals surface area contributed by atoms with Gasteiger partial charge in [0.25, 0.3) is 0 Å². The van der Waals surface area contributed by atoms with Crippen LogP contribution in [0, 0.1) is 0 Å². The lowest BCUT2D eigenvalue weighted by Crippen LogP contribution is -2.65. The molecule has 1 saturated heterocycles. The van der Waals surface area contributed by atoms with Crippen LogP contribution in [0.3, 0.4) is 0 Å². The average Bonchev–Trinajstić information content (AvgIpc) is 2.55. The lowest BCUT2D eigenvalue weighted by Gasteiger charge is -2.48. The van der Waals surface area contributed by atoms with E-state index in [4.69, 9.17) is 9.47 Å². The molecule has 1 fully saturated rings. The van der Waals surface area contributed by atoms with Crippen molar-refractivity contribution < 1.29 is 24.8 Å². The third-order valence-electron chi connectivity index (χ3n) is 5.10. The topological polar surface area (TPSA) is 79.2 Å². The normalized spacial score (nSPS) is 33.4. The fourth-order valence-corrected chi connectivity index (χ4v) is 3.24. The van der Waals surface area contributed by atoms with Crippen LogP contribution >= 0.6 is 0 Å². The van der Waals surface area contributed by atoms with Crippen LogP contribution in [0.4, 0.5) is 0 Å². The van der Waals surface area contributed by atoms with Crippen LogP contribution in [-0.2, 0) is 9.47 Å². The molecule has 0 saturated carbocycles. The van der Waals surface area contributed by atoms with E-state index in [0.29, 0.717) is 19.3 Å². The van der Waals surface area contributed by atoms with Crippen molar-refractivity contribution in [3.8, 4) is 0 Å². The Labute approximate surface area is 134 Å². The van der Waals surface area contributed by atoms with E-state index in [1.165, 1.54) is 0 Å². The summed E-state index contributed by atoms with van der Waals surface area (Å²) in [6.45, 7) is 9.76. The zero-order valence-corrected chi connectivity index (χ0v) is 14.7. The molecule has 1 heterocycles. The molecule has 0 spiro atoms. The third-order valence-corrected chi connectivity index (χ3v) is 5.10. The summed E-state index contributed by atoms with van der Waals surface area (Å²) in [4.78, 5) is 0. The van der Waals surface area contributed by atoms with Gasteiger partial charge in [-0.15, -0.1) is 0 Å². The van der Waals surface area contributed by atoms with Crippen LogP contribution < -0.4 is 0 Å². The first-order valence-electron chi connectivity index (χ1n) is 8.77. The van der Waals surface area contributed by atoms with Crippen molar-refractivity contribution >= 4 is 0 Å². The molecule has 5 nitrogen and oxygen atoms in total. The maximum Gasteiger partial charge on any atom is 0.115 e. The first-order valence-corrected chi connectivity index (χ1v) is 8.77. The van der Waals surface area contributed by atoms with Crippen molar-refractivity contribution in [2.24, 2.45) is 0 Å². The summed E-state index contributed by atoms with van der Waals surface area (Å²) < 4.78 is 12.0. The van der Waals surface area contributed by atoms with Gasteiger partial charge in [-0.3, -0.25) is 0 Å². The van der Waals surface area contributed by atoms with Gasteiger partial charge < -0.3 is 24.8 Å². The van der Waals surface area contributed by atoms with Gasteiger partial charge in [0.15, 0.2) is 0 Å². The molecule has 1 aliphatic heterocycles. The molecule has 5 heteroatoms. The molecule has 0 amide bonds. The quantitative estimate of drug-likeness (QED) is 0.638. The minimum absolute atomic E-state index is 0.0392. The molecule has 5 atom stereocenters. The highest BCUT2D eigenvalue weighted by molar-refractivity contribution is 5.01. The minimum Gasteiger partial charge on any atom is -0.387 e. The van der Waals surface area contributed by atoms with Gasteiger partial charge in [0.1, 0.15) is 24.4 Å². The first kappa shape index (κ1) is 19.8. The molecule has 0 aromatic rings. The lowest BCUT2D eigenvalue weighted by molar-refractivity contribution is -0.281. The molecule has 22 heavy (non-hydrogen) atoms. The van der Waals surface area contributed by atoms with E-state index in [9.17, 15) is 15.3 Å². The molecule has 0 radical (unpaired) electrons. The smallest absolute Gasteiger partial charge is 0.115 e. The fourth-order valence-electron chi connectivity index (χ4n) is 3.24. The Kier molecular flexibility index (Phi) is 7.75. The van der Waals surface area contributed by atoms with Crippen LogP contribution in [0.5, 0.6) is 0 Å². The summed E-state index contributed by atoms with van der Waals surface area (Å²) in [5, 5.41) is 31.7. The summed E-state index contributed by atoms with van der Waals surface area (Å²) in [5.74, 6) is 0. The Bertz CT molecular complexity index is 312. The fraction of sp³-hybridized carbons (Fsp3) is 1.00. The highest BCUT2D eigenvalue weighted by atomic mass is 16.6. The monoisotopic (exact) mass is 318 g/mol. The van der Waals surface area contributed by atoms with Crippen molar-refractivity contribution in [3.63, 3.8) is 0 Å². The van der Waals surface area contributed by atoms with Gasteiger partial charge in [-0.2, -0.15) is 0 Å². The Morgan fingerprint density at radius 1 is 1.00 bits per heavy atom. The van der Waals surface area contributed by atoms with E-state index in [1.54, 1.807) is 0 Å². The predicted molar refractivity (Wildman–Crippen MR) is 85.7 cm³/mol. The SMILES string of the molecule is CCC(CC)OC1C(CC)OC(C(O)(CC)CC)C(O)C1O. The van der Waals surface area contributed by atoms with Gasteiger partial charge in [-0.25, -0.2) is 0 Å². The second-order valence-corrected chi connectivity index (χ2v) is 6.33. The van der Waals surface area contributed by atoms with Crippen molar-refractivity contribution in [2.75, 3.05) is 0 Å². The Balaban J connectivity index is 2.95. The number of ether oxygens (including phenoxy) is 2. The van der Waals surface area contributed by atoms with Crippen LogP contribution in [-0.4, -0.2) is 57.5 Å². The number of hydrogen-bond acceptors (Lipinski definition) is 5. The molecule has 0 bridgehead atoms. The van der Waals surface area contributed by atoms with E-state index >= 15 is 0 Å². The van der Waals surface area contributed by atoms with Gasteiger partial charge in [0.05, 0.1) is 17.8 Å².